The van der Waals surface area contributed by atoms with E-state index in [-0.39, 0.29) is 6.04 Å². The van der Waals surface area contributed by atoms with Gasteiger partial charge in [0.2, 0.25) is 0 Å². The fraction of sp³-hybridized carbons (Fsp3) is 0.400. The van der Waals surface area contributed by atoms with E-state index in [1.165, 1.54) is 0 Å². The van der Waals surface area contributed by atoms with Crippen molar-refractivity contribution in [1.82, 2.24) is 9.78 Å². The second-order valence-electron chi connectivity index (χ2n) is 4.79. The molecule has 0 aliphatic carbocycles. The van der Waals surface area contributed by atoms with Crippen LogP contribution in [0.4, 0.5) is 0 Å². The SMILES string of the molecule is CCn1nc(C)cc1CC(N)c1ccc(Cl)cc1OC. The highest BCUT2D eigenvalue weighted by atomic mass is 35.5. The highest BCUT2D eigenvalue weighted by Gasteiger charge is 2.15. The number of hydrogen-bond acceptors (Lipinski definition) is 3. The van der Waals surface area contributed by atoms with Crippen LogP contribution in [0.5, 0.6) is 5.75 Å². The van der Waals surface area contributed by atoms with E-state index in [0.29, 0.717) is 11.4 Å². The highest BCUT2D eigenvalue weighted by Crippen LogP contribution is 2.29. The number of aromatic nitrogens is 2. The molecule has 2 rings (SSSR count). The Bertz CT molecular complexity index is 595. The average molecular weight is 294 g/mol. The van der Waals surface area contributed by atoms with Gasteiger partial charge in [0, 0.05) is 35.3 Å². The minimum atomic E-state index is -0.149. The number of aryl methyl sites for hydroxylation is 2. The van der Waals surface area contributed by atoms with Crippen molar-refractivity contribution in [2.75, 3.05) is 7.11 Å². The topological polar surface area (TPSA) is 53.1 Å². The summed E-state index contributed by atoms with van der Waals surface area (Å²) in [4.78, 5) is 0. The van der Waals surface area contributed by atoms with Crippen LogP contribution in [0.2, 0.25) is 5.02 Å². The monoisotopic (exact) mass is 293 g/mol. The summed E-state index contributed by atoms with van der Waals surface area (Å²) in [5.74, 6) is 0.726. The van der Waals surface area contributed by atoms with Crippen molar-refractivity contribution < 1.29 is 4.74 Å². The Balaban J connectivity index is 2.25. The Morgan fingerprint density at radius 2 is 2.15 bits per heavy atom. The molecule has 1 unspecified atom stereocenters. The summed E-state index contributed by atoms with van der Waals surface area (Å²) in [6, 6.07) is 7.47. The first kappa shape index (κ1) is 14.9. The molecule has 0 spiro atoms. The quantitative estimate of drug-likeness (QED) is 0.921. The maximum atomic E-state index is 6.32. The average Bonchev–Trinajstić information content (AvgIpc) is 2.78. The van der Waals surface area contributed by atoms with E-state index in [9.17, 15) is 0 Å². The standard InChI is InChI=1S/C15H20ClN3O/c1-4-19-12(7-10(2)18-19)9-14(17)13-6-5-11(16)8-15(13)20-3/h5-8,14H,4,9,17H2,1-3H3. The maximum absolute atomic E-state index is 6.32. The van der Waals surface area contributed by atoms with E-state index in [1.807, 2.05) is 23.7 Å². The molecule has 20 heavy (non-hydrogen) atoms. The number of nitrogens with two attached hydrogens (primary N) is 1. The fourth-order valence-corrected chi connectivity index (χ4v) is 2.53. The second-order valence-corrected chi connectivity index (χ2v) is 5.23. The lowest BCUT2D eigenvalue weighted by atomic mass is 10.0. The van der Waals surface area contributed by atoms with Gasteiger partial charge in [-0.3, -0.25) is 4.68 Å². The van der Waals surface area contributed by atoms with Crippen molar-refractivity contribution in [1.29, 1.82) is 0 Å². The lowest BCUT2D eigenvalue weighted by Crippen LogP contribution is -2.17. The number of halogens is 1. The molecule has 5 heteroatoms. The summed E-state index contributed by atoms with van der Waals surface area (Å²) in [6.45, 7) is 4.90. The number of benzene rings is 1. The van der Waals surface area contributed by atoms with E-state index in [0.717, 1.165) is 29.2 Å². The lowest BCUT2D eigenvalue weighted by molar-refractivity contribution is 0.405. The summed E-state index contributed by atoms with van der Waals surface area (Å²) >= 11 is 5.98. The van der Waals surface area contributed by atoms with Crippen molar-refractivity contribution in [2.45, 2.75) is 32.9 Å². The maximum Gasteiger partial charge on any atom is 0.125 e. The van der Waals surface area contributed by atoms with Gasteiger partial charge in [-0.25, -0.2) is 0 Å². The van der Waals surface area contributed by atoms with Crippen LogP contribution in [0.1, 0.15) is 29.9 Å². The molecular weight excluding hydrogens is 274 g/mol. The predicted octanol–water partition coefficient (Wildman–Crippen LogP) is 3.12. The van der Waals surface area contributed by atoms with E-state index in [4.69, 9.17) is 22.1 Å². The minimum Gasteiger partial charge on any atom is -0.496 e. The van der Waals surface area contributed by atoms with Gasteiger partial charge in [0.1, 0.15) is 5.75 Å². The third-order valence-corrected chi connectivity index (χ3v) is 3.54. The highest BCUT2D eigenvalue weighted by molar-refractivity contribution is 6.30. The third kappa shape index (κ3) is 3.14. The molecule has 0 radical (unpaired) electrons. The van der Waals surface area contributed by atoms with Crippen molar-refractivity contribution in [3.8, 4) is 5.75 Å². The molecule has 108 valence electrons. The molecule has 0 aliphatic rings. The van der Waals surface area contributed by atoms with Gasteiger partial charge in [0.05, 0.1) is 12.8 Å². The van der Waals surface area contributed by atoms with Crippen LogP contribution in [0.3, 0.4) is 0 Å². The Hall–Kier alpha value is -1.52. The van der Waals surface area contributed by atoms with Crippen LogP contribution in [0.15, 0.2) is 24.3 Å². The van der Waals surface area contributed by atoms with Gasteiger partial charge in [0.25, 0.3) is 0 Å². The molecule has 2 aromatic rings. The van der Waals surface area contributed by atoms with Gasteiger partial charge in [-0.1, -0.05) is 17.7 Å². The number of ether oxygens (including phenoxy) is 1. The zero-order valence-corrected chi connectivity index (χ0v) is 12.8. The summed E-state index contributed by atoms with van der Waals surface area (Å²) in [5, 5.41) is 5.09. The van der Waals surface area contributed by atoms with Gasteiger partial charge in [-0.15, -0.1) is 0 Å². The molecule has 0 fully saturated rings. The van der Waals surface area contributed by atoms with Gasteiger partial charge in [-0.05, 0) is 32.0 Å². The van der Waals surface area contributed by atoms with E-state index in [2.05, 4.69) is 18.1 Å². The van der Waals surface area contributed by atoms with E-state index in [1.54, 1.807) is 13.2 Å². The first-order chi connectivity index (χ1) is 9.55. The summed E-state index contributed by atoms with van der Waals surface area (Å²) in [7, 11) is 1.63. The van der Waals surface area contributed by atoms with Crippen LogP contribution in [0, 0.1) is 6.92 Å². The molecule has 1 aromatic heterocycles. The molecule has 0 bridgehead atoms. The number of rotatable bonds is 5. The first-order valence-electron chi connectivity index (χ1n) is 6.67. The van der Waals surface area contributed by atoms with E-state index >= 15 is 0 Å². The molecule has 1 aromatic carbocycles. The van der Waals surface area contributed by atoms with Crippen molar-refractivity contribution in [3.63, 3.8) is 0 Å². The lowest BCUT2D eigenvalue weighted by Gasteiger charge is -2.16. The molecule has 0 aliphatic heterocycles. The van der Waals surface area contributed by atoms with Gasteiger partial charge in [0.15, 0.2) is 0 Å². The van der Waals surface area contributed by atoms with Gasteiger partial charge in [-0.2, -0.15) is 5.10 Å². The van der Waals surface area contributed by atoms with Gasteiger partial charge < -0.3 is 10.5 Å². The zero-order valence-electron chi connectivity index (χ0n) is 12.1. The summed E-state index contributed by atoms with van der Waals surface area (Å²) < 4.78 is 7.34. The van der Waals surface area contributed by atoms with Crippen LogP contribution in [-0.4, -0.2) is 16.9 Å². The van der Waals surface area contributed by atoms with Gasteiger partial charge >= 0.3 is 0 Å². The molecule has 0 saturated heterocycles. The number of hydrogen-bond donors (Lipinski definition) is 1. The fourth-order valence-electron chi connectivity index (χ4n) is 2.36. The third-order valence-electron chi connectivity index (χ3n) is 3.31. The normalized spacial score (nSPS) is 12.4. The van der Waals surface area contributed by atoms with Crippen molar-refractivity contribution >= 4 is 11.6 Å². The molecule has 2 N–H and O–H groups in total. The Labute approximate surface area is 124 Å². The molecule has 4 nitrogen and oxygen atoms in total. The summed E-state index contributed by atoms with van der Waals surface area (Å²) in [5.41, 5.74) is 9.42. The van der Waals surface area contributed by atoms with E-state index < -0.39 is 0 Å². The van der Waals surface area contributed by atoms with Crippen LogP contribution >= 0.6 is 11.6 Å². The Morgan fingerprint density at radius 3 is 2.80 bits per heavy atom. The Morgan fingerprint density at radius 1 is 1.40 bits per heavy atom. The predicted molar refractivity (Wildman–Crippen MR) is 81.3 cm³/mol. The molecule has 0 saturated carbocycles. The number of methoxy groups -OCH3 is 1. The molecule has 0 amide bonds. The van der Waals surface area contributed by atoms with Crippen LogP contribution < -0.4 is 10.5 Å². The van der Waals surface area contributed by atoms with Crippen molar-refractivity contribution in [2.24, 2.45) is 5.73 Å². The van der Waals surface area contributed by atoms with Crippen LogP contribution in [-0.2, 0) is 13.0 Å². The van der Waals surface area contributed by atoms with Crippen molar-refractivity contribution in [3.05, 3.63) is 46.2 Å². The largest absolute Gasteiger partial charge is 0.496 e. The smallest absolute Gasteiger partial charge is 0.125 e. The first-order valence-corrected chi connectivity index (χ1v) is 7.05. The Kier molecular flexibility index (Phi) is 4.68. The second kappa shape index (κ2) is 6.29. The zero-order chi connectivity index (χ0) is 14.7. The summed E-state index contributed by atoms with van der Waals surface area (Å²) in [6.07, 6.45) is 0.715. The number of nitrogens with zero attached hydrogens (tertiary/aromatic N) is 2. The van der Waals surface area contributed by atoms with Crippen LogP contribution in [0.25, 0.3) is 0 Å². The molecular formula is C15H20ClN3O. The minimum absolute atomic E-state index is 0.149. The molecule has 1 heterocycles. The molecule has 1 atom stereocenters.